The molecule has 1 N–H and O–H groups in total. The van der Waals surface area contributed by atoms with Gasteiger partial charge in [-0.05, 0) is 37.5 Å². The van der Waals surface area contributed by atoms with Crippen LogP contribution in [0, 0.1) is 0 Å². The third-order valence-corrected chi connectivity index (χ3v) is 8.25. The number of sulfonamides is 1. The Balaban J connectivity index is 1.83. The van der Waals surface area contributed by atoms with Crippen LogP contribution in [0.15, 0.2) is 27.4 Å². The van der Waals surface area contributed by atoms with Crippen LogP contribution < -0.4 is 10.1 Å². The molecule has 2 heterocycles. The normalized spacial score (nSPS) is 14.9. The lowest BCUT2D eigenvalue weighted by Gasteiger charge is -2.17. The zero-order valence-electron chi connectivity index (χ0n) is 15.7. The second kappa shape index (κ2) is 9.21. The first-order valence-corrected chi connectivity index (χ1v) is 12.2. The molecule has 28 heavy (non-hydrogen) atoms. The molecule has 0 radical (unpaired) electrons. The van der Waals surface area contributed by atoms with Crippen LogP contribution in [0.25, 0.3) is 0 Å². The van der Waals surface area contributed by atoms with Gasteiger partial charge in [-0.25, -0.2) is 8.42 Å². The van der Waals surface area contributed by atoms with Crippen LogP contribution in [-0.4, -0.2) is 54.8 Å². The second-order valence-electron chi connectivity index (χ2n) is 6.15. The van der Waals surface area contributed by atoms with Crippen LogP contribution in [0.4, 0.5) is 5.13 Å². The van der Waals surface area contributed by atoms with E-state index in [0.29, 0.717) is 24.0 Å². The van der Waals surface area contributed by atoms with Crippen molar-refractivity contribution in [3.8, 4) is 5.75 Å². The maximum absolute atomic E-state index is 12.8. The first-order valence-electron chi connectivity index (χ1n) is 8.91. The third-order valence-electron chi connectivity index (χ3n) is 4.17. The molecular weight excluding hydrogens is 420 g/mol. The van der Waals surface area contributed by atoms with Crippen molar-refractivity contribution in [2.45, 2.75) is 35.4 Å². The van der Waals surface area contributed by atoms with Crippen molar-refractivity contribution in [3.05, 3.63) is 23.8 Å². The van der Waals surface area contributed by atoms with E-state index in [9.17, 15) is 13.2 Å². The molecule has 8 nitrogen and oxygen atoms in total. The highest BCUT2D eigenvalue weighted by Crippen LogP contribution is 2.29. The van der Waals surface area contributed by atoms with Crippen molar-refractivity contribution in [1.29, 1.82) is 0 Å². The molecule has 1 aliphatic heterocycles. The van der Waals surface area contributed by atoms with Crippen LogP contribution in [-0.2, 0) is 10.0 Å². The summed E-state index contributed by atoms with van der Waals surface area (Å²) in [4.78, 5) is 12.8. The summed E-state index contributed by atoms with van der Waals surface area (Å²) < 4.78 is 33.1. The predicted octanol–water partition coefficient (Wildman–Crippen LogP) is 3.09. The van der Waals surface area contributed by atoms with E-state index in [2.05, 4.69) is 22.4 Å². The summed E-state index contributed by atoms with van der Waals surface area (Å²) in [6, 6.07) is 4.32. The largest absolute Gasteiger partial charge is 0.496 e. The van der Waals surface area contributed by atoms with Gasteiger partial charge in [0.1, 0.15) is 5.75 Å². The van der Waals surface area contributed by atoms with E-state index in [-0.39, 0.29) is 10.5 Å². The van der Waals surface area contributed by atoms with Crippen molar-refractivity contribution >= 4 is 44.2 Å². The number of nitrogens with zero attached hydrogens (tertiary/aromatic N) is 3. The minimum Gasteiger partial charge on any atom is -0.496 e. The van der Waals surface area contributed by atoms with Gasteiger partial charge in [0.15, 0.2) is 4.34 Å². The number of aromatic nitrogens is 2. The van der Waals surface area contributed by atoms with Crippen molar-refractivity contribution < 1.29 is 17.9 Å². The standard InChI is InChI=1S/C17H22N4O4S3/c1-3-10-26-17-20-19-16(27-17)18-15(22)13-11-12(6-7-14(13)25-2)28(23,24)21-8-4-5-9-21/h6-7,11H,3-5,8-10H2,1-2H3,(H,18,19,22). The highest BCUT2D eigenvalue weighted by molar-refractivity contribution is 8.01. The number of thioether (sulfide) groups is 1. The Morgan fingerprint density at radius 2 is 2.07 bits per heavy atom. The SMILES string of the molecule is CCCSc1nnc(NC(=O)c2cc(S(=O)(=O)N3CCCC3)ccc2OC)s1. The molecule has 1 aliphatic rings. The van der Waals surface area contributed by atoms with E-state index < -0.39 is 15.9 Å². The lowest BCUT2D eigenvalue weighted by atomic mass is 10.2. The van der Waals surface area contributed by atoms with Gasteiger partial charge < -0.3 is 4.74 Å². The van der Waals surface area contributed by atoms with E-state index in [1.165, 1.54) is 41.0 Å². The Labute approximate surface area is 172 Å². The number of benzene rings is 1. The number of amides is 1. The number of methoxy groups -OCH3 is 1. The van der Waals surface area contributed by atoms with Crippen molar-refractivity contribution in [3.63, 3.8) is 0 Å². The maximum atomic E-state index is 12.8. The zero-order chi connectivity index (χ0) is 20.1. The Hall–Kier alpha value is -1.69. The highest BCUT2D eigenvalue weighted by atomic mass is 32.2. The number of hydrogen-bond donors (Lipinski definition) is 1. The summed E-state index contributed by atoms with van der Waals surface area (Å²) in [6.07, 6.45) is 2.71. The molecule has 0 aliphatic carbocycles. The average Bonchev–Trinajstić information content (AvgIpc) is 3.38. The average molecular weight is 443 g/mol. The van der Waals surface area contributed by atoms with Crippen LogP contribution in [0.1, 0.15) is 36.5 Å². The number of nitrogens with one attached hydrogen (secondary N) is 1. The number of anilines is 1. The Morgan fingerprint density at radius 3 is 2.75 bits per heavy atom. The third kappa shape index (κ3) is 4.65. The fraction of sp³-hybridized carbons (Fsp3) is 0.471. The van der Waals surface area contributed by atoms with Crippen molar-refractivity contribution in [2.24, 2.45) is 0 Å². The fourth-order valence-corrected chi connectivity index (χ4v) is 5.99. The predicted molar refractivity (Wildman–Crippen MR) is 110 cm³/mol. The van der Waals surface area contributed by atoms with E-state index >= 15 is 0 Å². The Kier molecular flexibility index (Phi) is 6.91. The minimum atomic E-state index is -3.63. The van der Waals surface area contributed by atoms with E-state index in [1.807, 2.05) is 0 Å². The quantitative estimate of drug-likeness (QED) is 0.495. The molecule has 1 aromatic carbocycles. The molecule has 2 aromatic rings. The summed E-state index contributed by atoms with van der Waals surface area (Å²) in [5.41, 5.74) is 0.140. The number of carbonyl (C=O) groups is 1. The maximum Gasteiger partial charge on any atom is 0.261 e. The lowest BCUT2D eigenvalue weighted by molar-refractivity contribution is 0.102. The Morgan fingerprint density at radius 1 is 1.32 bits per heavy atom. The highest BCUT2D eigenvalue weighted by Gasteiger charge is 2.28. The lowest BCUT2D eigenvalue weighted by Crippen LogP contribution is -2.28. The van der Waals surface area contributed by atoms with Gasteiger partial charge in [0, 0.05) is 18.8 Å². The summed E-state index contributed by atoms with van der Waals surface area (Å²) in [6.45, 7) is 3.07. The monoisotopic (exact) mass is 442 g/mol. The van der Waals surface area contributed by atoms with Crippen molar-refractivity contribution in [2.75, 3.05) is 31.3 Å². The van der Waals surface area contributed by atoms with Gasteiger partial charge in [-0.15, -0.1) is 10.2 Å². The van der Waals surface area contributed by atoms with Gasteiger partial charge in [-0.2, -0.15) is 4.31 Å². The molecule has 3 rings (SSSR count). The molecule has 1 amide bonds. The van der Waals surface area contributed by atoms with Gasteiger partial charge in [-0.1, -0.05) is 30.0 Å². The van der Waals surface area contributed by atoms with E-state index in [0.717, 1.165) is 29.4 Å². The fourth-order valence-electron chi connectivity index (χ4n) is 2.77. The molecule has 0 unspecified atom stereocenters. The number of ether oxygens (including phenoxy) is 1. The van der Waals surface area contributed by atoms with Gasteiger partial charge in [0.2, 0.25) is 15.2 Å². The zero-order valence-corrected chi connectivity index (χ0v) is 18.1. The van der Waals surface area contributed by atoms with Crippen LogP contribution in [0.3, 0.4) is 0 Å². The summed E-state index contributed by atoms with van der Waals surface area (Å²) >= 11 is 2.86. The second-order valence-corrected chi connectivity index (χ2v) is 10.4. The molecule has 11 heteroatoms. The van der Waals surface area contributed by atoms with Crippen molar-refractivity contribution in [1.82, 2.24) is 14.5 Å². The first-order chi connectivity index (χ1) is 13.5. The summed E-state index contributed by atoms with van der Waals surface area (Å²) in [5.74, 6) is 0.730. The smallest absolute Gasteiger partial charge is 0.261 e. The van der Waals surface area contributed by atoms with Crippen LogP contribution in [0.2, 0.25) is 0 Å². The molecule has 152 valence electrons. The van der Waals surface area contributed by atoms with Gasteiger partial charge in [0.05, 0.1) is 17.6 Å². The molecule has 0 bridgehead atoms. The molecule has 1 aromatic heterocycles. The van der Waals surface area contributed by atoms with Gasteiger partial charge in [-0.3, -0.25) is 10.1 Å². The first kappa shape index (κ1) is 21.0. The molecule has 0 spiro atoms. The summed E-state index contributed by atoms with van der Waals surface area (Å²) in [7, 11) is -2.19. The van der Waals surface area contributed by atoms with Gasteiger partial charge in [0.25, 0.3) is 5.91 Å². The molecule has 0 saturated carbocycles. The van der Waals surface area contributed by atoms with E-state index in [1.54, 1.807) is 11.8 Å². The topological polar surface area (TPSA) is 101 Å². The van der Waals surface area contributed by atoms with Gasteiger partial charge >= 0.3 is 0 Å². The van der Waals surface area contributed by atoms with Crippen LogP contribution >= 0.6 is 23.1 Å². The molecule has 0 atom stereocenters. The number of rotatable bonds is 8. The molecule has 1 saturated heterocycles. The minimum absolute atomic E-state index is 0.0804. The molecular formula is C17H22N4O4S3. The Bertz CT molecular complexity index is 940. The van der Waals surface area contributed by atoms with Crippen LogP contribution in [0.5, 0.6) is 5.75 Å². The number of hydrogen-bond acceptors (Lipinski definition) is 8. The number of carbonyl (C=O) groups excluding carboxylic acids is 1. The molecule has 1 fully saturated rings. The van der Waals surface area contributed by atoms with E-state index in [4.69, 9.17) is 4.74 Å². The summed E-state index contributed by atoms with van der Waals surface area (Å²) in [5, 5.41) is 11.0.